The first-order valence-corrected chi connectivity index (χ1v) is 11.1. The van der Waals surface area contributed by atoms with Crippen molar-refractivity contribution in [3.05, 3.63) is 105 Å². The number of benzene rings is 2. The molecule has 0 unspecified atom stereocenters. The van der Waals surface area contributed by atoms with E-state index in [1.807, 2.05) is 31.2 Å². The minimum atomic E-state index is -1.12. The van der Waals surface area contributed by atoms with Crippen LogP contribution in [0.5, 0.6) is 11.5 Å². The second-order valence-corrected chi connectivity index (χ2v) is 8.60. The quantitative estimate of drug-likeness (QED) is 0.540. The Morgan fingerprint density at radius 2 is 1.83 bits per heavy atom. The molecule has 1 aromatic heterocycles. The summed E-state index contributed by atoms with van der Waals surface area (Å²) in [6.45, 7) is 3.67. The van der Waals surface area contributed by atoms with E-state index < -0.39 is 40.8 Å². The second kappa shape index (κ2) is 8.57. The van der Waals surface area contributed by atoms with E-state index in [0.717, 1.165) is 23.3 Å². The first kappa shape index (κ1) is 22.6. The fourth-order valence-corrected chi connectivity index (χ4v) is 4.65. The molecular weight excluding hydrogens is 456 g/mol. The zero-order valence-electron chi connectivity index (χ0n) is 19.1. The van der Waals surface area contributed by atoms with Crippen LogP contribution in [0.1, 0.15) is 40.1 Å². The van der Waals surface area contributed by atoms with E-state index in [-0.39, 0.29) is 24.7 Å². The number of hydrogen-bond donors (Lipinski definition) is 1. The predicted octanol–water partition coefficient (Wildman–Crippen LogP) is 3.62. The van der Waals surface area contributed by atoms with Crippen LogP contribution in [0, 0.1) is 18.6 Å². The average molecular weight is 479 g/mol. The minimum absolute atomic E-state index is 0.0388. The van der Waals surface area contributed by atoms with Crippen LogP contribution in [0.25, 0.3) is 0 Å². The lowest BCUT2D eigenvalue weighted by molar-refractivity contribution is 0.0643. The van der Waals surface area contributed by atoms with Gasteiger partial charge < -0.3 is 14.7 Å². The Hall–Kier alpha value is -4.14. The SMILES string of the molecule is Cc1ccccc1[C@H]1c2ccc(F)c(F)c2OC/C=C/[C@H](C)N2CN1n1ccc(=O)c(O)c1C2=O. The van der Waals surface area contributed by atoms with Crippen molar-refractivity contribution in [2.45, 2.75) is 25.9 Å². The Kier molecular flexibility index (Phi) is 5.55. The molecule has 3 aromatic rings. The van der Waals surface area contributed by atoms with Gasteiger partial charge in [0.2, 0.25) is 11.2 Å². The molecule has 0 saturated carbocycles. The van der Waals surface area contributed by atoms with Crippen molar-refractivity contribution in [1.82, 2.24) is 9.58 Å². The zero-order chi connectivity index (χ0) is 24.9. The Morgan fingerprint density at radius 3 is 2.60 bits per heavy atom. The molecule has 2 bridgehead atoms. The van der Waals surface area contributed by atoms with Gasteiger partial charge in [0.25, 0.3) is 5.91 Å². The van der Waals surface area contributed by atoms with Crippen molar-refractivity contribution >= 4 is 5.91 Å². The van der Waals surface area contributed by atoms with Gasteiger partial charge in [0.1, 0.15) is 19.3 Å². The molecule has 2 aromatic carbocycles. The van der Waals surface area contributed by atoms with Crippen LogP contribution in [0.15, 0.2) is 65.6 Å². The van der Waals surface area contributed by atoms with Crippen molar-refractivity contribution in [2.24, 2.45) is 0 Å². The molecule has 0 radical (unpaired) electrons. The fourth-order valence-electron chi connectivity index (χ4n) is 4.65. The van der Waals surface area contributed by atoms with E-state index >= 15 is 4.39 Å². The number of aryl methyl sites for hydroxylation is 1. The lowest BCUT2D eigenvalue weighted by atomic mass is 9.93. The standard InChI is InChI=1S/C26H23F2N3O4/c1-15-6-3-4-8-17(15)22-18-9-10-19(27)21(28)25(18)35-13-5-7-16(2)29-14-31(22)30-12-11-20(32)24(33)23(30)26(29)34/h3-12,16,22,33H,13-14H2,1-2H3/b7-5+/t16-,22-/m0/s1. The second-order valence-electron chi connectivity index (χ2n) is 8.60. The van der Waals surface area contributed by atoms with Crippen molar-refractivity contribution in [3.63, 3.8) is 0 Å². The molecule has 1 amide bonds. The van der Waals surface area contributed by atoms with Gasteiger partial charge >= 0.3 is 0 Å². The van der Waals surface area contributed by atoms with Crippen molar-refractivity contribution in [1.29, 1.82) is 0 Å². The van der Waals surface area contributed by atoms with Crippen LogP contribution in [0.3, 0.4) is 0 Å². The third kappa shape index (κ3) is 3.63. The molecule has 2 aliphatic rings. The summed E-state index contributed by atoms with van der Waals surface area (Å²) >= 11 is 0. The van der Waals surface area contributed by atoms with Crippen LogP contribution in [0.2, 0.25) is 0 Å². The van der Waals surface area contributed by atoms with Gasteiger partial charge in [-0.2, -0.15) is 4.39 Å². The number of amides is 1. The molecule has 180 valence electrons. The lowest BCUT2D eigenvalue weighted by Gasteiger charge is -2.45. The maximum absolute atomic E-state index is 15.1. The molecule has 9 heteroatoms. The highest BCUT2D eigenvalue weighted by molar-refractivity contribution is 5.96. The summed E-state index contributed by atoms with van der Waals surface area (Å²) in [5, 5.41) is 12.4. The number of nitrogens with zero attached hydrogens (tertiary/aromatic N) is 3. The fraction of sp³-hybridized carbons (Fsp3) is 0.231. The number of aromatic hydroxyl groups is 1. The van der Waals surface area contributed by atoms with Crippen LogP contribution < -0.4 is 15.2 Å². The number of hydrogen-bond acceptors (Lipinski definition) is 5. The summed E-state index contributed by atoms with van der Waals surface area (Å²) in [5.74, 6) is -3.61. The number of halogens is 2. The van der Waals surface area contributed by atoms with E-state index in [1.165, 1.54) is 21.8 Å². The number of aromatic nitrogens is 1. The summed E-state index contributed by atoms with van der Waals surface area (Å²) in [7, 11) is 0. The lowest BCUT2D eigenvalue weighted by Crippen LogP contribution is -2.57. The minimum Gasteiger partial charge on any atom is -0.502 e. The first-order valence-electron chi connectivity index (χ1n) is 11.1. The Balaban J connectivity index is 1.87. The van der Waals surface area contributed by atoms with Gasteiger partial charge in [-0.15, -0.1) is 0 Å². The van der Waals surface area contributed by atoms with Gasteiger partial charge in [0.05, 0.1) is 0 Å². The molecule has 3 heterocycles. The van der Waals surface area contributed by atoms with Gasteiger partial charge in [0, 0.05) is 23.9 Å². The molecule has 0 saturated heterocycles. The van der Waals surface area contributed by atoms with E-state index in [4.69, 9.17) is 4.74 Å². The van der Waals surface area contributed by atoms with Crippen LogP contribution in [0.4, 0.5) is 8.78 Å². The van der Waals surface area contributed by atoms with Gasteiger partial charge in [-0.3, -0.25) is 19.3 Å². The molecular formula is C26H23F2N3O4. The van der Waals surface area contributed by atoms with Crippen LogP contribution >= 0.6 is 0 Å². The highest BCUT2D eigenvalue weighted by Crippen LogP contribution is 2.40. The number of fused-ring (bicyclic) bond motifs is 5. The molecule has 0 aliphatic carbocycles. The van der Waals surface area contributed by atoms with Gasteiger partial charge in [-0.1, -0.05) is 30.3 Å². The van der Waals surface area contributed by atoms with Crippen molar-refractivity contribution < 1.29 is 23.4 Å². The highest BCUT2D eigenvalue weighted by atomic mass is 19.2. The normalized spacial score (nSPS) is 20.4. The van der Waals surface area contributed by atoms with E-state index in [9.17, 15) is 19.1 Å². The van der Waals surface area contributed by atoms with Gasteiger partial charge in [0.15, 0.2) is 23.0 Å². The number of rotatable bonds is 1. The van der Waals surface area contributed by atoms with Crippen LogP contribution in [-0.4, -0.2) is 39.9 Å². The molecule has 2 atom stereocenters. The number of carbonyl (C=O) groups is 1. The van der Waals surface area contributed by atoms with E-state index in [1.54, 1.807) is 24.1 Å². The molecule has 35 heavy (non-hydrogen) atoms. The van der Waals surface area contributed by atoms with Gasteiger partial charge in [-0.25, -0.2) is 4.39 Å². The molecule has 2 aliphatic heterocycles. The summed E-state index contributed by atoms with van der Waals surface area (Å²) < 4.78 is 36.5. The predicted molar refractivity (Wildman–Crippen MR) is 125 cm³/mol. The molecule has 0 spiro atoms. The summed E-state index contributed by atoms with van der Waals surface area (Å²) in [5.41, 5.74) is 1.06. The number of ether oxygens (including phenoxy) is 1. The third-order valence-corrected chi connectivity index (χ3v) is 6.48. The Labute approximate surface area is 200 Å². The zero-order valence-corrected chi connectivity index (χ0v) is 19.1. The molecule has 7 nitrogen and oxygen atoms in total. The molecule has 5 rings (SSSR count). The van der Waals surface area contributed by atoms with Gasteiger partial charge in [-0.05, 0) is 43.2 Å². The molecule has 0 fully saturated rings. The maximum atomic E-state index is 15.1. The maximum Gasteiger partial charge on any atom is 0.278 e. The average Bonchev–Trinajstić information content (AvgIpc) is 2.86. The number of carbonyl (C=O) groups excluding carboxylic acids is 1. The van der Waals surface area contributed by atoms with E-state index in [0.29, 0.717) is 5.56 Å². The Morgan fingerprint density at radius 1 is 1.06 bits per heavy atom. The summed E-state index contributed by atoms with van der Waals surface area (Å²) in [6.07, 6.45) is 4.73. The van der Waals surface area contributed by atoms with E-state index in [2.05, 4.69) is 0 Å². The first-order chi connectivity index (χ1) is 16.8. The Bertz CT molecular complexity index is 1420. The monoisotopic (exact) mass is 479 g/mol. The smallest absolute Gasteiger partial charge is 0.278 e. The van der Waals surface area contributed by atoms with Crippen molar-refractivity contribution in [3.8, 4) is 11.5 Å². The topological polar surface area (TPSA) is 75.0 Å². The number of pyridine rings is 1. The highest BCUT2D eigenvalue weighted by Gasteiger charge is 2.39. The molecule has 1 N–H and O–H groups in total. The summed E-state index contributed by atoms with van der Waals surface area (Å²) in [4.78, 5) is 27.2. The van der Waals surface area contributed by atoms with Crippen molar-refractivity contribution in [2.75, 3.05) is 18.3 Å². The third-order valence-electron chi connectivity index (χ3n) is 6.48. The van der Waals surface area contributed by atoms with Crippen LogP contribution in [-0.2, 0) is 0 Å². The largest absolute Gasteiger partial charge is 0.502 e. The summed E-state index contributed by atoms with van der Waals surface area (Å²) in [6, 6.07) is 9.89.